The second-order valence-electron chi connectivity index (χ2n) is 9.01. The van der Waals surface area contributed by atoms with Crippen molar-refractivity contribution in [3.8, 4) is 11.5 Å². The van der Waals surface area contributed by atoms with Gasteiger partial charge in [0.15, 0.2) is 11.6 Å². The molecule has 4 nitrogen and oxygen atoms in total. The van der Waals surface area contributed by atoms with E-state index in [1.807, 2.05) is 12.1 Å². The van der Waals surface area contributed by atoms with Crippen LogP contribution >= 0.6 is 0 Å². The molecule has 2 aromatic carbocycles. The minimum atomic E-state index is -0.737. The average Bonchev–Trinajstić information content (AvgIpc) is 2.62. The van der Waals surface area contributed by atoms with Gasteiger partial charge in [-0.25, -0.2) is 4.39 Å². The van der Waals surface area contributed by atoms with Crippen LogP contribution in [0.5, 0.6) is 11.5 Å². The van der Waals surface area contributed by atoms with Gasteiger partial charge >= 0.3 is 0 Å². The highest BCUT2D eigenvalue weighted by atomic mass is 19.1. The summed E-state index contributed by atoms with van der Waals surface area (Å²) in [5.74, 6) is 2.27. The summed E-state index contributed by atoms with van der Waals surface area (Å²) in [4.78, 5) is 10.1. The summed E-state index contributed by atoms with van der Waals surface area (Å²) in [7, 11) is 0. The van der Waals surface area contributed by atoms with Gasteiger partial charge in [-0.05, 0) is 79.0 Å². The number of fused-ring (bicyclic) bond motifs is 2. The number of rotatable bonds is 4. The van der Waals surface area contributed by atoms with E-state index in [0.717, 1.165) is 23.8 Å². The maximum atomic E-state index is 14.1. The van der Waals surface area contributed by atoms with Crippen molar-refractivity contribution >= 4 is 5.69 Å². The van der Waals surface area contributed by atoms with Crippen molar-refractivity contribution < 1.29 is 14.1 Å². The summed E-state index contributed by atoms with van der Waals surface area (Å²) in [5.41, 5.74) is 1.21. The van der Waals surface area contributed by atoms with Gasteiger partial charge in [0.05, 0.1) is 11.0 Å². The zero-order valence-electron chi connectivity index (χ0n) is 16.4. The van der Waals surface area contributed by atoms with E-state index in [1.54, 1.807) is 0 Å². The number of halogens is 1. The maximum Gasteiger partial charge on any atom is 0.272 e. The zero-order valence-corrected chi connectivity index (χ0v) is 16.4. The van der Waals surface area contributed by atoms with Gasteiger partial charge in [-0.2, -0.15) is 0 Å². The minimum absolute atomic E-state index is 0.00857. The van der Waals surface area contributed by atoms with Crippen LogP contribution < -0.4 is 4.74 Å². The molecule has 2 aromatic rings. The number of hydrogen-bond donors (Lipinski definition) is 0. The van der Waals surface area contributed by atoms with Crippen molar-refractivity contribution in [2.24, 2.45) is 17.8 Å². The molecular weight excluding hydrogens is 357 g/mol. The molecule has 2 unspecified atom stereocenters. The monoisotopic (exact) mass is 383 g/mol. The molecule has 0 N–H and O–H groups in total. The second kappa shape index (κ2) is 7.19. The van der Waals surface area contributed by atoms with E-state index >= 15 is 0 Å². The van der Waals surface area contributed by atoms with Gasteiger partial charge in [-0.1, -0.05) is 26.0 Å². The summed E-state index contributed by atoms with van der Waals surface area (Å²) >= 11 is 0. The first-order valence-electron chi connectivity index (χ1n) is 10.0. The number of nitrogens with zero attached hydrogens (tertiary/aromatic N) is 1. The first kappa shape index (κ1) is 18.9. The van der Waals surface area contributed by atoms with Crippen LogP contribution in [0.2, 0.25) is 0 Å². The molecule has 2 atom stereocenters. The topological polar surface area (TPSA) is 52.4 Å². The molecule has 0 saturated heterocycles. The highest BCUT2D eigenvalue weighted by Gasteiger charge is 2.41. The van der Waals surface area contributed by atoms with Gasteiger partial charge in [0.2, 0.25) is 0 Å². The minimum Gasteiger partial charge on any atom is -0.454 e. The largest absolute Gasteiger partial charge is 0.454 e. The Morgan fingerprint density at radius 1 is 1.07 bits per heavy atom. The smallest absolute Gasteiger partial charge is 0.272 e. The predicted molar refractivity (Wildman–Crippen MR) is 106 cm³/mol. The molecule has 4 rings (SSSR count). The van der Waals surface area contributed by atoms with Crippen molar-refractivity contribution in [1.29, 1.82) is 0 Å². The fourth-order valence-corrected chi connectivity index (χ4v) is 5.56. The lowest BCUT2D eigenvalue weighted by Crippen LogP contribution is -2.38. The Hall–Kier alpha value is -2.43. The van der Waals surface area contributed by atoms with E-state index in [2.05, 4.69) is 26.0 Å². The van der Waals surface area contributed by atoms with E-state index in [-0.39, 0.29) is 16.9 Å². The van der Waals surface area contributed by atoms with Gasteiger partial charge < -0.3 is 4.74 Å². The van der Waals surface area contributed by atoms with Gasteiger partial charge in [0, 0.05) is 6.07 Å². The van der Waals surface area contributed by atoms with Gasteiger partial charge in [-0.3, -0.25) is 10.1 Å². The Morgan fingerprint density at radius 2 is 1.71 bits per heavy atom. The van der Waals surface area contributed by atoms with Crippen molar-refractivity contribution in [1.82, 2.24) is 0 Å². The van der Waals surface area contributed by atoms with Gasteiger partial charge in [0.1, 0.15) is 5.75 Å². The maximum absolute atomic E-state index is 14.1. The van der Waals surface area contributed by atoms with Gasteiger partial charge in [-0.15, -0.1) is 0 Å². The van der Waals surface area contributed by atoms with E-state index in [0.29, 0.717) is 5.75 Å². The lowest BCUT2D eigenvalue weighted by Gasteiger charge is -2.47. The fraction of sp³-hybridized carbons (Fsp3) is 0.478. The Balaban J connectivity index is 1.49. The molecule has 2 aliphatic rings. The Kier molecular flexibility index (Phi) is 4.86. The van der Waals surface area contributed by atoms with Crippen LogP contribution in [0.1, 0.15) is 51.5 Å². The van der Waals surface area contributed by atoms with E-state index < -0.39 is 10.7 Å². The molecule has 0 radical (unpaired) electrons. The predicted octanol–water partition coefficient (Wildman–Crippen LogP) is 6.63. The summed E-state index contributed by atoms with van der Waals surface area (Å²) in [5, 5.41) is 10.7. The summed E-state index contributed by atoms with van der Waals surface area (Å²) < 4.78 is 19.7. The first-order chi connectivity index (χ1) is 13.3. The number of nitro benzene ring substituents is 1. The number of nitro groups is 1. The van der Waals surface area contributed by atoms with Crippen LogP contribution in [0.4, 0.5) is 10.1 Å². The summed E-state index contributed by atoms with van der Waals surface area (Å²) in [6.45, 7) is 4.75. The molecule has 0 amide bonds. The third kappa shape index (κ3) is 3.75. The molecule has 28 heavy (non-hydrogen) atoms. The Morgan fingerprint density at radius 3 is 2.29 bits per heavy atom. The van der Waals surface area contributed by atoms with E-state index in [4.69, 9.17) is 4.74 Å². The molecule has 0 heterocycles. The number of hydrogen-bond acceptors (Lipinski definition) is 3. The molecule has 0 aromatic heterocycles. The zero-order chi connectivity index (χ0) is 19.9. The van der Waals surface area contributed by atoms with Crippen molar-refractivity contribution in [2.75, 3.05) is 0 Å². The quantitative estimate of drug-likeness (QED) is 0.440. The van der Waals surface area contributed by atoms with Crippen LogP contribution in [0.15, 0.2) is 42.5 Å². The van der Waals surface area contributed by atoms with E-state index in [1.165, 1.54) is 49.8 Å². The van der Waals surface area contributed by atoms with Crippen LogP contribution in [0.3, 0.4) is 0 Å². The van der Waals surface area contributed by atoms with Crippen molar-refractivity contribution in [2.45, 2.75) is 51.4 Å². The fourth-order valence-electron chi connectivity index (χ4n) is 5.56. The van der Waals surface area contributed by atoms with Crippen molar-refractivity contribution in [3.05, 3.63) is 64.0 Å². The van der Waals surface area contributed by atoms with Crippen LogP contribution in [-0.2, 0) is 5.41 Å². The highest BCUT2D eigenvalue weighted by molar-refractivity contribution is 5.41. The second-order valence-corrected chi connectivity index (χ2v) is 9.01. The first-order valence-corrected chi connectivity index (χ1v) is 10.0. The number of non-ortho nitro benzene ring substituents is 1. The van der Waals surface area contributed by atoms with Gasteiger partial charge in [0.25, 0.3) is 5.69 Å². The molecule has 2 saturated carbocycles. The molecule has 5 heteroatoms. The summed E-state index contributed by atoms with van der Waals surface area (Å²) in [6, 6.07) is 11.3. The Labute approximate surface area is 164 Å². The standard InChI is InChI=1S/C23H26FNO3/c1-15-9-16-11-17(10-15)14-23(2,13-16)18-3-6-20(7-4-18)28-22-8-5-19(25(26)27)12-21(22)24/h3-8,12,15-17H,9-11,13-14H2,1-2H3. The van der Waals surface area contributed by atoms with Crippen LogP contribution in [0, 0.1) is 33.7 Å². The molecule has 2 bridgehead atoms. The lowest BCUT2D eigenvalue weighted by molar-refractivity contribution is -0.385. The third-order valence-corrected chi connectivity index (χ3v) is 6.52. The summed E-state index contributed by atoms with van der Waals surface area (Å²) in [6.07, 6.45) is 6.51. The lowest BCUT2D eigenvalue weighted by atomic mass is 9.58. The number of benzene rings is 2. The number of ether oxygens (including phenoxy) is 1. The molecule has 0 aliphatic heterocycles. The van der Waals surface area contributed by atoms with E-state index in [9.17, 15) is 14.5 Å². The normalized spacial score (nSPS) is 29.3. The van der Waals surface area contributed by atoms with Crippen LogP contribution in [-0.4, -0.2) is 4.92 Å². The molecule has 2 fully saturated rings. The third-order valence-electron chi connectivity index (χ3n) is 6.52. The Bertz CT molecular complexity index is 862. The molecular formula is C23H26FNO3. The highest BCUT2D eigenvalue weighted by Crippen LogP contribution is 2.51. The van der Waals surface area contributed by atoms with Crippen LogP contribution in [0.25, 0.3) is 0 Å². The molecule has 0 spiro atoms. The van der Waals surface area contributed by atoms with Crippen molar-refractivity contribution in [3.63, 3.8) is 0 Å². The average molecular weight is 383 g/mol. The molecule has 148 valence electrons. The SMILES string of the molecule is CC1CC2CC(C1)CC(C)(c1ccc(Oc3ccc([N+](=O)[O-])cc3F)cc1)C2. The molecule has 2 aliphatic carbocycles.